The van der Waals surface area contributed by atoms with Gasteiger partial charge in [-0.15, -0.1) is 24.8 Å². The summed E-state index contributed by atoms with van der Waals surface area (Å²) in [5, 5.41) is 6.33. The van der Waals surface area contributed by atoms with Gasteiger partial charge in [-0.25, -0.2) is 9.98 Å². The van der Waals surface area contributed by atoms with Crippen molar-refractivity contribution in [2.24, 2.45) is 25.7 Å². The fourth-order valence-electron chi connectivity index (χ4n) is 3.80. The molecule has 1 aliphatic heterocycles. The molecule has 0 radical (unpaired) electrons. The second-order valence-electron chi connectivity index (χ2n) is 8.03. The van der Waals surface area contributed by atoms with Crippen molar-refractivity contribution in [3.05, 3.63) is 65.6 Å². The Morgan fingerprint density at radius 3 is 2.69 bits per heavy atom. The maximum Gasteiger partial charge on any atom is 0.152 e. The predicted molar refractivity (Wildman–Crippen MR) is 153 cm³/mol. The second kappa shape index (κ2) is 15.7. The molecule has 3 rings (SSSR count). The van der Waals surface area contributed by atoms with E-state index in [4.69, 9.17) is 22.3 Å². The number of rotatable bonds is 14. The van der Waals surface area contributed by atoms with E-state index >= 15 is 0 Å². The minimum atomic E-state index is 0.210. The lowest BCUT2D eigenvalue weighted by molar-refractivity contribution is 0.681. The normalized spacial score (nSPS) is 15.1. The molecule has 1 aromatic rings. The average molecular weight is 496 g/mol. The molecule has 7 nitrogen and oxygen atoms in total. The molecule has 2 aliphatic rings. The van der Waals surface area contributed by atoms with E-state index in [1.807, 2.05) is 0 Å². The lowest BCUT2D eigenvalue weighted by atomic mass is 10.1. The molecule has 1 aromatic carbocycles. The molecule has 35 heavy (non-hydrogen) atoms. The summed E-state index contributed by atoms with van der Waals surface area (Å²) in [5.74, 6) is 1.90. The van der Waals surface area contributed by atoms with E-state index in [0.717, 1.165) is 56.6 Å². The standard InChI is InChI=1S/C25H34ClN7.C2H4/c1-3-4-12-29-24(27)23(32-17-26)25(28-2)30-13-8-7-11-22-31-16-21(33-22)20-14-18-9-5-6-10-19(18)15-20;1-2/h5-6,9-10,14,30,32H,2-4,7-8,11-13,15-17H2,1H3,(H2,27,29);1-2H2/b25-23+;. The highest BCUT2D eigenvalue weighted by molar-refractivity contribution is 6.18. The third kappa shape index (κ3) is 8.51. The number of fused-ring (bicyclic) bond motifs is 1. The quantitative estimate of drug-likeness (QED) is 0.0858. The van der Waals surface area contributed by atoms with Gasteiger partial charge in [0.2, 0.25) is 0 Å². The summed E-state index contributed by atoms with van der Waals surface area (Å²) in [7, 11) is 0. The number of benzene rings is 1. The van der Waals surface area contributed by atoms with Crippen molar-refractivity contribution in [1.29, 1.82) is 0 Å². The zero-order valence-electron chi connectivity index (χ0n) is 20.8. The Labute approximate surface area is 214 Å². The van der Waals surface area contributed by atoms with Crippen LogP contribution in [0.2, 0.25) is 0 Å². The van der Waals surface area contributed by atoms with Gasteiger partial charge < -0.3 is 16.4 Å². The maximum absolute atomic E-state index is 6.14. The number of amidine groups is 2. The molecule has 1 heterocycles. The van der Waals surface area contributed by atoms with Crippen molar-refractivity contribution >= 4 is 41.8 Å². The number of nitrogens with one attached hydrogen (secondary N) is 2. The van der Waals surface area contributed by atoms with Gasteiger partial charge in [-0.05, 0) is 55.2 Å². The third-order valence-electron chi connectivity index (χ3n) is 5.62. The van der Waals surface area contributed by atoms with Gasteiger partial charge in [0, 0.05) is 19.5 Å². The first-order valence-electron chi connectivity index (χ1n) is 12.1. The summed E-state index contributed by atoms with van der Waals surface area (Å²) >= 11 is 5.87. The molecule has 0 aromatic heterocycles. The maximum atomic E-state index is 6.14. The Hall–Kier alpha value is -3.19. The summed E-state index contributed by atoms with van der Waals surface area (Å²) in [4.78, 5) is 17.9. The predicted octanol–water partition coefficient (Wildman–Crippen LogP) is 4.85. The number of halogens is 1. The first-order chi connectivity index (χ1) is 17.2. The van der Waals surface area contributed by atoms with E-state index in [1.54, 1.807) is 0 Å². The summed E-state index contributed by atoms with van der Waals surface area (Å²) in [6.45, 7) is 13.9. The van der Waals surface area contributed by atoms with Crippen molar-refractivity contribution < 1.29 is 0 Å². The Kier molecular flexibility index (Phi) is 12.6. The van der Waals surface area contributed by atoms with E-state index < -0.39 is 0 Å². The molecule has 188 valence electrons. The number of hydrogen-bond donors (Lipinski definition) is 3. The molecule has 8 heteroatoms. The fourth-order valence-corrected chi connectivity index (χ4v) is 3.94. The monoisotopic (exact) mass is 495 g/mol. The number of hydrogen-bond acceptors (Lipinski definition) is 6. The molecule has 4 N–H and O–H groups in total. The molecular weight excluding hydrogens is 458 g/mol. The van der Waals surface area contributed by atoms with Crippen LogP contribution in [0.3, 0.4) is 0 Å². The van der Waals surface area contributed by atoms with Gasteiger partial charge in [0.05, 0.1) is 18.3 Å². The Bertz CT molecular complexity index is 1000. The zero-order valence-corrected chi connectivity index (χ0v) is 21.6. The van der Waals surface area contributed by atoms with Gasteiger partial charge >= 0.3 is 0 Å². The molecule has 0 fully saturated rings. The van der Waals surface area contributed by atoms with Crippen LogP contribution in [0.4, 0.5) is 0 Å². The van der Waals surface area contributed by atoms with E-state index in [9.17, 15) is 0 Å². The number of nitrogens with zero attached hydrogens (tertiary/aromatic N) is 4. The van der Waals surface area contributed by atoms with E-state index in [1.165, 1.54) is 16.7 Å². The first-order valence-corrected chi connectivity index (χ1v) is 12.6. The first kappa shape index (κ1) is 28.1. The van der Waals surface area contributed by atoms with Gasteiger partial charge in [0.25, 0.3) is 0 Å². The number of aliphatic imine (C=N–C) groups is 4. The molecular formula is C27H38ClN7. The summed E-state index contributed by atoms with van der Waals surface area (Å²) in [5.41, 5.74) is 11.8. The van der Waals surface area contributed by atoms with Crippen LogP contribution in [-0.2, 0) is 6.42 Å². The molecule has 0 unspecified atom stereocenters. The van der Waals surface area contributed by atoms with Crippen LogP contribution in [-0.4, -0.2) is 49.7 Å². The molecule has 0 atom stereocenters. The van der Waals surface area contributed by atoms with Crippen LogP contribution in [0.5, 0.6) is 0 Å². The summed E-state index contributed by atoms with van der Waals surface area (Å²) in [6.07, 6.45) is 8.02. The molecule has 0 amide bonds. The lowest BCUT2D eigenvalue weighted by Gasteiger charge is -2.14. The Morgan fingerprint density at radius 2 is 1.97 bits per heavy atom. The van der Waals surface area contributed by atoms with Crippen molar-refractivity contribution in [2.75, 3.05) is 25.6 Å². The summed E-state index contributed by atoms with van der Waals surface area (Å²) in [6, 6.07) is 8.72. The number of unbranched alkanes of at least 4 members (excludes halogenated alkanes) is 2. The van der Waals surface area contributed by atoms with Crippen LogP contribution in [0.25, 0.3) is 6.08 Å². The van der Waals surface area contributed by atoms with Crippen molar-refractivity contribution in [3.8, 4) is 0 Å². The molecule has 1 aliphatic carbocycles. The highest BCUT2D eigenvalue weighted by atomic mass is 35.5. The highest BCUT2D eigenvalue weighted by Crippen LogP contribution is 2.26. The van der Waals surface area contributed by atoms with Crippen molar-refractivity contribution in [2.45, 2.75) is 45.4 Å². The van der Waals surface area contributed by atoms with Crippen molar-refractivity contribution in [1.82, 2.24) is 10.6 Å². The minimum Gasteiger partial charge on any atom is -0.382 e. The topological polar surface area (TPSA) is 99.5 Å². The van der Waals surface area contributed by atoms with Gasteiger partial charge in [-0.3, -0.25) is 9.98 Å². The Morgan fingerprint density at radius 1 is 1.17 bits per heavy atom. The van der Waals surface area contributed by atoms with E-state index in [2.05, 4.69) is 82.8 Å². The van der Waals surface area contributed by atoms with Crippen LogP contribution < -0.4 is 16.4 Å². The van der Waals surface area contributed by atoms with Gasteiger partial charge in [-0.1, -0.05) is 37.6 Å². The highest BCUT2D eigenvalue weighted by Gasteiger charge is 2.19. The van der Waals surface area contributed by atoms with E-state index in [-0.39, 0.29) is 6.00 Å². The molecule has 0 spiro atoms. The van der Waals surface area contributed by atoms with Crippen LogP contribution in [0.1, 0.15) is 50.2 Å². The third-order valence-corrected chi connectivity index (χ3v) is 5.75. The van der Waals surface area contributed by atoms with Crippen LogP contribution >= 0.6 is 11.6 Å². The van der Waals surface area contributed by atoms with Gasteiger partial charge in [0.1, 0.15) is 17.4 Å². The van der Waals surface area contributed by atoms with Crippen LogP contribution in [0, 0.1) is 0 Å². The number of alkyl halides is 1. The molecule has 0 saturated carbocycles. The average Bonchev–Trinajstić information content (AvgIpc) is 3.53. The second-order valence-corrected chi connectivity index (χ2v) is 8.30. The SMILES string of the molecule is C=C.C=N/C(NCCCCC1=NCC(C2=Cc3ccccc3C2)=N1)=C(\NCCl)C(N)=NCCCC. The van der Waals surface area contributed by atoms with Gasteiger partial charge in [-0.2, -0.15) is 0 Å². The van der Waals surface area contributed by atoms with Crippen molar-refractivity contribution in [3.63, 3.8) is 0 Å². The molecule has 0 saturated heterocycles. The smallest absolute Gasteiger partial charge is 0.152 e. The minimum absolute atomic E-state index is 0.210. The van der Waals surface area contributed by atoms with Crippen LogP contribution in [0.15, 0.2) is 74.5 Å². The largest absolute Gasteiger partial charge is 0.382 e. The Balaban J connectivity index is 0.00000210. The van der Waals surface area contributed by atoms with E-state index in [0.29, 0.717) is 30.4 Å². The lowest BCUT2D eigenvalue weighted by Crippen LogP contribution is -2.31. The number of nitrogens with two attached hydrogens (primary N) is 1. The summed E-state index contributed by atoms with van der Waals surface area (Å²) < 4.78 is 0. The van der Waals surface area contributed by atoms with Gasteiger partial charge in [0.15, 0.2) is 5.82 Å². The zero-order chi connectivity index (χ0) is 25.5. The molecule has 0 bridgehead atoms. The fraction of sp³-hybridized carbons (Fsp3) is 0.407.